The van der Waals surface area contributed by atoms with Crippen LogP contribution in [0.5, 0.6) is 0 Å². The first-order chi connectivity index (χ1) is 8.06. The van der Waals surface area contributed by atoms with Crippen LogP contribution in [0.15, 0.2) is 28.7 Å². The van der Waals surface area contributed by atoms with Gasteiger partial charge in [0, 0.05) is 24.1 Å². The van der Waals surface area contributed by atoms with Crippen LogP contribution < -0.4 is 0 Å². The highest BCUT2D eigenvalue weighted by Gasteiger charge is 2.34. The summed E-state index contributed by atoms with van der Waals surface area (Å²) in [7, 11) is 0. The maximum atomic E-state index is 11.0. The molecule has 1 aliphatic rings. The van der Waals surface area contributed by atoms with E-state index in [2.05, 4.69) is 33.0 Å². The summed E-state index contributed by atoms with van der Waals surface area (Å²) in [6.07, 6.45) is 0. The van der Waals surface area contributed by atoms with Gasteiger partial charge in [-0.25, -0.2) is 0 Å². The number of aliphatic carboxylic acids is 1. The fourth-order valence-corrected chi connectivity index (χ4v) is 2.63. The Kier molecular flexibility index (Phi) is 3.84. The maximum Gasteiger partial charge on any atom is 0.308 e. The molecule has 92 valence electrons. The molecule has 0 aromatic heterocycles. The number of hydrogen-bond acceptors (Lipinski definition) is 2. The Hall–Kier alpha value is -0.870. The van der Waals surface area contributed by atoms with Crippen LogP contribution in [0.1, 0.15) is 12.5 Å². The van der Waals surface area contributed by atoms with Gasteiger partial charge < -0.3 is 5.11 Å². The van der Waals surface area contributed by atoms with E-state index in [9.17, 15) is 4.79 Å². The molecule has 2 unspecified atom stereocenters. The maximum absolute atomic E-state index is 11.0. The van der Waals surface area contributed by atoms with Crippen molar-refractivity contribution in [3.8, 4) is 0 Å². The lowest BCUT2D eigenvalue weighted by atomic mass is 9.99. The summed E-state index contributed by atoms with van der Waals surface area (Å²) in [5.74, 6) is -0.649. The minimum atomic E-state index is -0.671. The van der Waals surface area contributed by atoms with Crippen LogP contribution >= 0.6 is 15.9 Å². The molecule has 0 aliphatic carbocycles. The van der Waals surface area contributed by atoms with Crippen LogP contribution in [-0.4, -0.2) is 29.1 Å². The second-order valence-corrected chi connectivity index (χ2v) is 5.66. The van der Waals surface area contributed by atoms with E-state index in [0.29, 0.717) is 6.54 Å². The zero-order chi connectivity index (χ0) is 12.4. The summed E-state index contributed by atoms with van der Waals surface area (Å²) < 4.78 is 1.07. The number of carboxylic acids is 1. The Labute approximate surface area is 110 Å². The van der Waals surface area contributed by atoms with Crippen LogP contribution in [-0.2, 0) is 11.3 Å². The van der Waals surface area contributed by atoms with Gasteiger partial charge in [-0.05, 0) is 23.6 Å². The van der Waals surface area contributed by atoms with E-state index in [-0.39, 0.29) is 11.8 Å². The Morgan fingerprint density at radius 1 is 1.41 bits per heavy atom. The average molecular weight is 298 g/mol. The van der Waals surface area contributed by atoms with Crippen molar-refractivity contribution in [2.24, 2.45) is 11.8 Å². The summed E-state index contributed by atoms with van der Waals surface area (Å²) in [6.45, 7) is 4.38. The fraction of sp³-hybridized carbons (Fsp3) is 0.462. The highest BCUT2D eigenvalue weighted by Crippen LogP contribution is 2.24. The first-order valence-corrected chi connectivity index (χ1v) is 6.55. The number of nitrogens with zero attached hydrogens (tertiary/aromatic N) is 1. The van der Waals surface area contributed by atoms with Gasteiger partial charge in [0.05, 0.1) is 5.92 Å². The molecule has 1 fully saturated rings. The van der Waals surface area contributed by atoms with Gasteiger partial charge in [0.2, 0.25) is 0 Å². The number of hydrogen-bond donors (Lipinski definition) is 1. The molecule has 1 saturated heterocycles. The third-order valence-electron chi connectivity index (χ3n) is 3.32. The smallest absolute Gasteiger partial charge is 0.308 e. The van der Waals surface area contributed by atoms with Gasteiger partial charge in [-0.1, -0.05) is 35.0 Å². The molecular weight excluding hydrogens is 282 g/mol. The Bertz CT molecular complexity index is 404. The highest BCUT2D eigenvalue weighted by atomic mass is 79.9. The molecule has 2 rings (SSSR count). The topological polar surface area (TPSA) is 40.5 Å². The lowest BCUT2D eigenvalue weighted by Gasteiger charge is -2.15. The van der Waals surface area contributed by atoms with E-state index in [1.54, 1.807) is 0 Å². The van der Waals surface area contributed by atoms with Gasteiger partial charge >= 0.3 is 5.97 Å². The number of carboxylic acid groups (broad SMARTS) is 1. The molecule has 0 amide bonds. The van der Waals surface area contributed by atoms with Crippen LogP contribution in [0.3, 0.4) is 0 Å². The van der Waals surface area contributed by atoms with Gasteiger partial charge in [-0.15, -0.1) is 0 Å². The number of carbonyl (C=O) groups is 1. The molecule has 1 N–H and O–H groups in total. The number of benzene rings is 1. The zero-order valence-electron chi connectivity index (χ0n) is 9.77. The van der Waals surface area contributed by atoms with Crippen molar-refractivity contribution in [1.29, 1.82) is 0 Å². The number of likely N-dealkylation sites (tertiary alicyclic amines) is 1. The van der Waals surface area contributed by atoms with Crippen LogP contribution in [0.2, 0.25) is 0 Å². The molecule has 1 aromatic rings. The Balaban J connectivity index is 1.97. The summed E-state index contributed by atoms with van der Waals surface area (Å²) in [5, 5.41) is 9.07. The Morgan fingerprint density at radius 2 is 2.06 bits per heavy atom. The third kappa shape index (κ3) is 3.07. The van der Waals surface area contributed by atoms with Crippen molar-refractivity contribution in [2.45, 2.75) is 13.5 Å². The molecule has 2 atom stereocenters. The van der Waals surface area contributed by atoms with Crippen molar-refractivity contribution in [3.63, 3.8) is 0 Å². The third-order valence-corrected chi connectivity index (χ3v) is 3.85. The molecule has 1 aliphatic heterocycles. The molecule has 17 heavy (non-hydrogen) atoms. The molecular formula is C13H16BrNO2. The molecule has 3 nitrogen and oxygen atoms in total. The van der Waals surface area contributed by atoms with Crippen molar-refractivity contribution in [3.05, 3.63) is 34.3 Å². The van der Waals surface area contributed by atoms with Crippen LogP contribution in [0.4, 0.5) is 0 Å². The van der Waals surface area contributed by atoms with Gasteiger partial charge in [-0.3, -0.25) is 9.69 Å². The van der Waals surface area contributed by atoms with Crippen LogP contribution in [0, 0.1) is 11.8 Å². The van der Waals surface area contributed by atoms with Gasteiger partial charge in [0.1, 0.15) is 0 Å². The standard InChI is InChI=1S/C13H16BrNO2/c1-9-6-15(8-12(9)13(16)17)7-10-2-4-11(14)5-3-10/h2-5,9,12H,6-8H2,1H3,(H,16,17). The minimum absolute atomic E-state index is 0.217. The first kappa shape index (κ1) is 12.6. The largest absolute Gasteiger partial charge is 0.481 e. The molecule has 1 heterocycles. The number of halogens is 1. The second-order valence-electron chi connectivity index (χ2n) is 4.74. The normalized spacial score (nSPS) is 25.1. The molecule has 0 radical (unpaired) electrons. The minimum Gasteiger partial charge on any atom is -0.481 e. The molecule has 1 aromatic carbocycles. The van der Waals surface area contributed by atoms with Crippen molar-refractivity contribution in [1.82, 2.24) is 4.90 Å². The lowest BCUT2D eigenvalue weighted by Crippen LogP contribution is -2.23. The second kappa shape index (κ2) is 5.19. The quantitative estimate of drug-likeness (QED) is 0.932. The molecule has 0 saturated carbocycles. The highest BCUT2D eigenvalue weighted by molar-refractivity contribution is 9.10. The van der Waals surface area contributed by atoms with Crippen molar-refractivity contribution >= 4 is 21.9 Å². The monoisotopic (exact) mass is 297 g/mol. The summed E-state index contributed by atoms with van der Waals surface area (Å²) in [5.41, 5.74) is 1.23. The fourth-order valence-electron chi connectivity index (χ4n) is 2.37. The molecule has 0 spiro atoms. The number of rotatable bonds is 3. The van der Waals surface area contributed by atoms with Gasteiger partial charge in [0.25, 0.3) is 0 Å². The zero-order valence-corrected chi connectivity index (χ0v) is 11.4. The first-order valence-electron chi connectivity index (χ1n) is 5.76. The van der Waals surface area contributed by atoms with E-state index >= 15 is 0 Å². The predicted octanol–water partition coefficient (Wildman–Crippen LogP) is 2.60. The van der Waals surface area contributed by atoms with Gasteiger partial charge in [-0.2, -0.15) is 0 Å². The lowest BCUT2D eigenvalue weighted by molar-refractivity contribution is -0.142. The van der Waals surface area contributed by atoms with E-state index in [1.807, 2.05) is 19.1 Å². The SMILES string of the molecule is CC1CN(Cc2ccc(Br)cc2)CC1C(=O)O. The Morgan fingerprint density at radius 3 is 2.59 bits per heavy atom. The van der Waals surface area contributed by atoms with Crippen molar-refractivity contribution in [2.75, 3.05) is 13.1 Å². The van der Waals surface area contributed by atoms with Gasteiger partial charge in [0.15, 0.2) is 0 Å². The van der Waals surface area contributed by atoms with E-state index in [0.717, 1.165) is 17.6 Å². The molecule has 0 bridgehead atoms. The van der Waals surface area contributed by atoms with E-state index < -0.39 is 5.97 Å². The summed E-state index contributed by atoms with van der Waals surface area (Å²) in [6, 6.07) is 8.18. The summed E-state index contributed by atoms with van der Waals surface area (Å²) in [4.78, 5) is 13.2. The van der Waals surface area contributed by atoms with E-state index in [4.69, 9.17) is 5.11 Å². The summed E-state index contributed by atoms with van der Waals surface area (Å²) >= 11 is 3.41. The molecule has 4 heteroatoms. The average Bonchev–Trinajstić information content (AvgIpc) is 2.63. The predicted molar refractivity (Wildman–Crippen MR) is 69.7 cm³/mol. The van der Waals surface area contributed by atoms with Crippen LogP contribution in [0.25, 0.3) is 0 Å². The van der Waals surface area contributed by atoms with Crippen molar-refractivity contribution < 1.29 is 9.90 Å². The van der Waals surface area contributed by atoms with E-state index in [1.165, 1.54) is 5.56 Å².